The van der Waals surface area contributed by atoms with Gasteiger partial charge in [-0.25, -0.2) is 8.78 Å². The minimum Gasteiger partial charge on any atom is -0.387 e. The van der Waals surface area contributed by atoms with E-state index >= 15 is 0 Å². The van der Waals surface area contributed by atoms with Crippen molar-refractivity contribution in [3.63, 3.8) is 0 Å². The van der Waals surface area contributed by atoms with Crippen LogP contribution >= 0.6 is 0 Å². The predicted octanol–water partition coefficient (Wildman–Crippen LogP) is -1.95. The highest BCUT2D eigenvalue weighted by molar-refractivity contribution is 4.89. The first kappa shape index (κ1) is 10.7. The summed E-state index contributed by atoms with van der Waals surface area (Å²) in [7, 11) is 0. The number of halogens is 2. The molecule has 0 aliphatic carbocycles. The summed E-state index contributed by atoms with van der Waals surface area (Å²) in [5.74, 6) is 0. The molecule has 4 N–H and O–H groups in total. The molecule has 1 unspecified atom stereocenters. The number of aliphatic hydroxyl groups excluding tert-OH is 4. The first-order valence-corrected chi connectivity index (χ1v) is 3.61. The highest BCUT2D eigenvalue weighted by atomic mass is 19.3. The molecule has 0 amide bonds. The van der Waals surface area contributed by atoms with E-state index in [9.17, 15) is 8.78 Å². The first-order valence-electron chi connectivity index (χ1n) is 3.61. The highest BCUT2D eigenvalue weighted by Crippen LogP contribution is 2.23. The first-order chi connectivity index (χ1) is 5.95. The molecule has 1 aliphatic heterocycles. The van der Waals surface area contributed by atoms with Crippen molar-refractivity contribution in [2.24, 2.45) is 0 Å². The summed E-state index contributed by atoms with van der Waals surface area (Å²) in [4.78, 5) is 0. The highest BCUT2D eigenvalue weighted by Gasteiger charge is 2.46. The number of alkyl halides is 2. The van der Waals surface area contributed by atoms with Gasteiger partial charge in [-0.15, -0.1) is 0 Å². The molecule has 0 aromatic carbocycles. The summed E-state index contributed by atoms with van der Waals surface area (Å²) in [5, 5.41) is 35.6. The van der Waals surface area contributed by atoms with Gasteiger partial charge in [0.25, 0.3) is 6.43 Å². The van der Waals surface area contributed by atoms with Crippen LogP contribution in [0.5, 0.6) is 0 Å². The molecular formula is C6H10F2O5. The molecule has 0 spiro atoms. The summed E-state index contributed by atoms with van der Waals surface area (Å²) >= 11 is 0. The number of ether oxygens (including phenoxy) is 1. The average Bonchev–Trinajstić information content (AvgIpc) is 2.07. The second kappa shape index (κ2) is 3.81. The quantitative estimate of drug-likeness (QED) is 0.395. The van der Waals surface area contributed by atoms with Crippen LogP contribution in [-0.2, 0) is 4.74 Å². The van der Waals surface area contributed by atoms with Crippen molar-refractivity contribution in [2.45, 2.75) is 37.1 Å². The van der Waals surface area contributed by atoms with Crippen molar-refractivity contribution in [3.05, 3.63) is 0 Å². The van der Waals surface area contributed by atoms with E-state index in [0.29, 0.717) is 0 Å². The number of hydrogen-bond acceptors (Lipinski definition) is 5. The zero-order valence-corrected chi connectivity index (χ0v) is 6.42. The van der Waals surface area contributed by atoms with E-state index in [1.807, 2.05) is 0 Å². The lowest BCUT2D eigenvalue weighted by molar-refractivity contribution is -0.300. The van der Waals surface area contributed by atoms with Crippen LogP contribution in [0.25, 0.3) is 0 Å². The molecule has 78 valence electrons. The fourth-order valence-electron chi connectivity index (χ4n) is 1.10. The predicted molar refractivity (Wildman–Crippen MR) is 34.9 cm³/mol. The summed E-state index contributed by atoms with van der Waals surface area (Å²) < 4.78 is 28.3. The maximum Gasteiger partial charge on any atom is 0.267 e. The van der Waals surface area contributed by atoms with Gasteiger partial charge in [-0.05, 0) is 0 Å². The molecule has 5 nitrogen and oxygen atoms in total. The van der Waals surface area contributed by atoms with Crippen molar-refractivity contribution in [3.8, 4) is 0 Å². The molecule has 1 aliphatic rings. The summed E-state index contributed by atoms with van der Waals surface area (Å²) in [5.41, 5.74) is 0. The SMILES string of the molecule is OC1O[C@@H](C(F)F)[C@@H](O)[C@@H](O)[C@@H]1O. The normalized spacial score (nSPS) is 46.8. The third-order valence-electron chi connectivity index (χ3n) is 1.87. The zero-order chi connectivity index (χ0) is 10.2. The Morgan fingerprint density at radius 3 is 1.92 bits per heavy atom. The Labute approximate surface area is 72.2 Å². The van der Waals surface area contributed by atoms with Gasteiger partial charge in [-0.1, -0.05) is 0 Å². The molecule has 7 heteroatoms. The van der Waals surface area contributed by atoms with E-state index in [0.717, 1.165) is 0 Å². The van der Waals surface area contributed by atoms with Crippen LogP contribution in [0.15, 0.2) is 0 Å². The molecule has 0 saturated carbocycles. The van der Waals surface area contributed by atoms with Crippen molar-refractivity contribution >= 4 is 0 Å². The van der Waals surface area contributed by atoms with Gasteiger partial charge in [0.05, 0.1) is 0 Å². The topological polar surface area (TPSA) is 90.2 Å². The third kappa shape index (κ3) is 1.94. The Morgan fingerprint density at radius 2 is 1.46 bits per heavy atom. The molecule has 0 aromatic rings. The van der Waals surface area contributed by atoms with Gasteiger partial charge in [0.1, 0.15) is 24.4 Å². The Kier molecular flexibility index (Phi) is 3.14. The van der Waals surface area contributed by atoms with Crippen LogP contribution in [0.2, 0.25) is 0 Å². The molecule has 1 rings (SSSR count). The Bertz CT molecular complexity index is 178. The van der Waals surface area contributed by atoms with Crippen LogP contribution in [0, 0.1) is 0 Å². The second-order valence-corrected chi connectivity index (χ2v) is 2.80. The van der Waals surface area contributed by atoms with Gasteiger partial charge in [0.2, 0.25) is 0 Å². The number of hydrogen-bond donors (Lipinski definition) is 4. The average molecular weight is 200 g/mol. The summed E-state index contributed by atoms with van der Waals surface area (Å²) in [6.07, 6.45) is -12.4. The van der Waals surface area contributed by atoms with Gasteiger partial charge in [0.15, 0.2) is 6.29 Å². The van der Waals surface area contributed by atoms with Crippen molar-refractivity contribution in [2.75, 3.05) is 0 Å². The van der Waals surface area contributed by atoms with E-state index in [2.05, 4.69) is 4.74 Å². The molecule has 1 saturated heterocycles. The minimum atomic E-state index is -3.04. The molecule has 0 aromatic heterocycles. The van der Waals surface area contributed by atoms with E-state index in [4.69, 9.17) is 20.4 Å². The largest absolute Gasteiger partial charge is 0.387 e. The smallest absolute Gasteiger partial charge is 0.267 e. The Hall–Kier alpha value is -0.340. The van der Waals surface area contributed by atoms with Gasteiger partial charge in [-0.2, -0.15) is 0 Å². The van der Waals surface area contributed by atoms with Gasteiger partial charge < -0.3 is 25.2 Å². The maximum absolute atomic E-state index is 12.1. The molecule has 1 fully saturated rings. The van der Waals surface area contributed by atoms with Gasteiger partial charge in [-0.3, -0.25) is 0 Å². The van der Waals surface area contributed by atoms with Gasteiger partial charge in [0, 0.05) is 0 Å². The van der Waals surface area contributed by atoms with Crippen LogP contribution in [0.3, 0.4) is 0 Å². The van der Waals surface area contributed by atoms with Crippen LogP contribution in [-0.4, -0.2) is 57.6 Å². The molecule has 0 bridgehead atoms. The molecule has 5 atom stereocenters. The second-order valence-electron chi connectivity index (χ2n) is 2.80. The zero-order valence-electron chi connectivity index (χ0n) is 6.42. The van der Waals surface area contributed by atoms with Crippen molar-refractivity contribution < 1.29 is 33.9 Å². The number of rotatable bonds is 1. The van der Waals surface area contributed by atoms with Crippen molar-refractivity contribution in [1.82, 2.24) is 0 Å². The van der Waals surface area contributed by atoms with E-state index < -0.39 is 37.1 Å². The molecule has 1 heterocycles. The maximum atomic E-state index is 12.1. The Morgan fingerprint density at radius 1 is 0.923 bits per heavy atom. The minimum absolute atomic E-state index is 1.77. The third-order valence-corrected chi connectivity index (χ3v) is 1.87. The number of aliphatic hydroxyl groups is 4. The van der Waals surface area contributed by atoms with E-state index in [1.165, 1.54) is 0 Å². The lowest BCUT2D eigenvalue weighted by atomic mass is 9.99. The van der Waals surface area contributed by atoms with E-state index in [-0.39, 0.29) is 0 Å². The summed E-state index contributed by atoms with van der Waals surface area (Å²) in [6.45, 7) is 0. The fraction of sp³-hybridized carbons (Fsp3) is 1.00. The van der Waals surface area contributed by atoms with Crippen LogP contribution in [0.1, 0.15) is 0 Å². The molecule has 0 radical (unpaired) electrons. The van der Waals surface area contributed by atoms with Gasteiger partial charge >= 0.3 is 0 Å². The fourth-order valence-corrected chi connectivity index (χ4v) is 1.10. The van der Waals surface area contributed by atoms with E-state index in [1.54, 1.807) is 0 Å². The monoisotopic (exact) mass is 200 g/mol. The lowest BCUT2D eigenvalue weighted by Gasteiger charge is -2.37. The standard InChI is InChI=1S/C6H10F2O5/c7-5(8)4-2(10)1(9)3(11)6(12)13-4/h1-6,9-12H/t1-,2+,3+,4-,6?/m1/s1. The molecular weight excluding hydrogens is 190 g/mol. The summed E-state index contributed by atoms with van der Waals surface area (Å²) in [6, 6.07) is 0. The molecule has 13 heavy (non-hydrogen) atoms. The Balaban J connectivity index is 2.70. The van der Waals surface area contributed by atoms with Crippen LogP contribution < -0.4 is 0 Å². The van der Waals surface area contributed by atoms with Crippen molar-refractivity contribution in [1.29, 1.82) is 0 Å². The van der Waals surface area contributed by atoms with Crippen LogP contribution in [0.4, 0.5) is 8.78 Å². The lowest BCUT2D eigenvalue weighted by Crippen LogP contribution is -2.59.